The Kier molecular flexibility index (Phi) is 5.91. The number of nitriles is 1. The number of nitrogens with zero attached hydrogens (tertiary/aromatic N) is 1. The summed E-state index contributed by atoms with van der Waals surface area (Å²) in [6.45, 7) is 4.00. The average molecular weight is 357 g/mol. The molecule has 0 saturated heterocycles. The number of hydrogen-bond acceptors (Lipinski definition) is 4. The van der Waals surface area contributed by atoms with E-state index in [1.165, 1.54) is 24.3 Å². The molecule has 0 radical (unpaired) electrons. The third-order valence-corrected chi connectivity index (χ3v) is 5.20. The van der Waals surface area contributed by atoms with Gasteiger partial charge in [0.2, 0.25) is 10.0 Å². The Bertz CT molecular complexity index is 914. The third-order valence-electron chi connectivity index (χ3n) is 3.72. The van der Waals surface area contributed by atoms with Gasteiger partial charge in [0.15, 0.2) is 0 Å². The fourth-order valence-electron chi connectivity index (χ4n) is 2.13. The lowest BCUT2D eigenvalue weighted by Crippen LogP contribution is -2.24. The normalized spacial score (nSPS) is 10.9. The molecule has 0 bridgehead atoms. The van der Waals surface area contributed by atoms with Crippen molar-refractivity contribution in [3.63, 3.8) is 0 Å². The Morgan fingerprint density at radius 3 is 2.36 bits per heavy atom. The average Bonchev–Trinajstić information content (AvgIpc) is 2.58. The van der Waals surface area contributed by atoms with Crippen LogP contribution in [0.25, 0.3) is 0 Å². The fourth-order valence-corrected chi connectivity index (χ4v) is 3.16. The van der Waals surface area contributed by atoms with Crippen LogP contribution in [0.15, 0.2) is 47.4 Å². The molecular weight excluding hydrogens is 338 g/mol. The van der Waals surface area contributed by atoms with E-state index in [0.717, 1.165) is 11.1 Å². The largest absolute Gasteiger partial charge is 0.322 e. The molecule has 0 aliphatic carbocycles. The highest BCUT2D eigenvalue weighted by atomic mass is 32.2. The van der Waals surface area contributed by atoms with Crippen molar-refractivity contribution in [3.8, 4) is 6.07 Å². The number of rotatable bonds is 6. The number of hydrogen-bond donors (Lipinski definition) is 2. The van der Waals surface area contributed by atoms with Gasteiger partial charge in [-0.05, 0) is 61.4 Å². The second-order valence-corrected chi connectivity index (χ2v) is 7.35. The maximum atomic E-state index is 12.3. The maximum Gasteiger partial charge on any atom is 0.255 e. The van der Waals surface area contributed by atoms with Crippen LogP contribution in [0.4, 0.5) is 5.69 Å². The molecule has 0 aliphatic rings. The van der Waals surface area contributed by atoms with E-state index >= 15 is 0 Å². The lowest BCUT2D eigenvalue weighted by Gasteiger charge is -2.09. The predicted octanol–water partition coefficient (Wildman–Crippen LogP) is 2.75. The Labute approximate surface area is 147 Å². The van der Waals surface area contributed by atoms with Crippen molar-refractivity contribution in [1.82, 2.24) is 4.72 Å². The molecule has 130 valence electrons. The molecule has 0 saturated carbocycles. The van der Waals surface area contributed by atoms with E-state index in [1.54, 1.807) is 0 Å². The van der Waals surface area contributed by atoms with Crippen molar-refractivity contribution in [2.75, 3.05) is 11.9 Å². The van der Waals surface area contributed by atoms with Crippen molar-refractivity contribution in [2.45, 2.75) is 25.2 Å². The molecule has 1 amide bonds. The van der Waals surface area contributed by atoms with Crippen LogP contribution in [0.5, 0.6) is 0 Å². The Morgan fingerprint density at radius 1 is 1.08 bits per heavy atom. The molecule has 6 nitrogen and oxygen atoms in total. The molecule has 2 N–H and O–H groups in total. The van der Waals surface area contributed by atoms with Crippen LogP contribution in [-0.2, 0) is 10.0 Å². The molecule has 0 heterocycles. The quantitative estimate of drug-likeness (QED) is 0.777. The summed E-state index contributed by atoms with van der Waals surface area (Å²) >= 11 is 0. The first-order valence-corrected chi connectivity index (χ1v) is 9.17. The lowest BCUT2D eigenvalue weighted by molar-refractivity contribution is 0.102. The van der Waals surface area contributed by atoms with Crippen molar-refractivity contribution >= 4 is 21.6 Å². The van der Waals surface area contributed by atoms with Crippen molar-refractivity contribution < 1.29 is 13.2 Å². The van der Waals surface area contributed by atoms with Crippen LogP contribution < -0.4 is 10.0 Å². The fraction of sp³-hybridized carbons (Fsp3) is 0.222. The van der Waals surface area contributed by atoms with E-state index in [-0.39, 0.29) is 23.8 Å². The molecule has 0 atom stereocenters. The van der Waals surface area contributed by atoms with Gasteiger partial charge in [-0.2, -0.15) is 5.26 Å². The molecule has 0 aliphatic heterocycles. The van der Waals surface area contributed by atoms with Crippen LogP contribution in [0.2, 0.25) is 0 Å². The van der Waals surface area contributed by atoms with Crippen LogP contribution in [0.1, 0.15) is 27.9 Å². The van der Waals surface area contributed by atoms with Gasteiger partial charge in [-0.1, -0.05) is 6.07 Å². The van der Waals surface area contributed by atoms with Crippen LogP contribution in [-0.4, -0.2) is 20.9 Å². The first kappa shape index (κ1) is 18.6. The zero-order valence-corrected chi connectivity index (χ0v) is 14.9. The number of sulfonamides is 1. The number of nitrogens with one attached hydrogen (secondary N) is 2. The molecule has 0 spiro atoms. The zero-order chi connectivity index (χ0) is 18.4. The van der Waals surface area contributed by atoms with Gasteiger partial charge >= 0.3 is 0 Å². The summed E-state index contributed by atoms with van der Waals surface area (Å²) in [4.78, 5) is 12.3. The first-order chi connectivity index (χ1) is 11.8. The number of anilines is 1. The Balaban J connectivity index is 2.09. The lowest BCUT2D eigenvalue weighted by atomic mass is 10.1. The van der Waals surface area contributed by atoms with Crippen molar-refractivity contribution in [3.05, 3.63) is 59.2 Å². The molecule has 2 rings (SSSR count). The topological polar surface area (TPSA) is 99.1 Å². The van der Waals surface area contributed by atoms with Gasteiger partial charge in [0.05, 0.1) is 11.0 Å². The molecule has 2 aromatic carbocycles. The highest BCUT2D eigenvalue weighted by molar-refractivity contribution is 7.89. The van der Waals surface area contributed by atoms with E-state index in [2.05, 4.69) is 10.0 Å². The summed E-state index contributed by atoms with van der Waals surface area (Å²) in [5, 5.41) is 11.2. The monoisotopic (exact) mass is 357 g/mol. The van der Waals surface area contributed by atoms with Crippen molar-refractivity contribution in [2.24, 2.45) is 0 Å². The van der Waals surface area contributed by atoms with Crippen LogP contribution in [0, 0.1) is 25.2 Å². The molecule has 0 fully saturated rings. The molecule has 0 aromatic heterocycles. The molecule has 2 aromatic rings. The number of carbonyl (C=O) groups is 1. The number of benzene rings is 2. The Morgan fingerprint density at radius 2 is 1.76 bits per heavy atom. The third kappa shape index (κ3) is 4.89. The number of amides is 1. The zero-order valence-electron chi connectivity index (χ0n) is 14.0. The summed E-state index contributed by atoms with van der Waals surface area (Å²) in [7, 11) is -3.68. The molecule has 0 unspecified atom stereocenters. The second kappa shape index (κ2) is 7.92. The minimum absolute atomic E-state index is 0.0492. The van der Waals surface area contributed by atoms with E-state index in [4.69, 9.17) is 5.26 Å². The van der Waals surface area contributed by atoms with Gasteiger partial charge < -0.3 is 5.32 Å². The van der Waals surface area contributed by atoms with Gasteiger partial charge in [-0.25, -0.2) is 13.1 Å². The second-order valence-electron chi connectivity index (χ2n) is 5.58. The highest BCUT2D eigenvalue weighted by Crippen LogP contribution is 2.16. The van der Waals surface area contributed by atoms with Crippen LogP contribution >= 0.6 is 0 Å². The van der Waals surface area contributed by atoms with Crippen LogP contribution in [0.3, 0.4) is 0 Å². The highest BCUT2D eigenvalue weighted by Gasteiger charge is 2.14. The van der Waals surface area contributed by atoms with Crippen molar-refractivity contribution in [1.29, 1.82) is 5.26 Å². The predicted molar refractivity (Wildman–Crippen MR) is 95.7 cm³/mol. The summed E-state index contributed by atoms with van der Waals surface area (Å²) in [6.07, 6.45) is 0.0929. The van der Waals surface area contributed by atoms with E-state index in [0.29, 0.717) is 11.3 Å². The smallest absolute Gasteiger partial charge is 0.255 e. The standard InChI is InChI=1S/C18H19N3O3S/c1-13-4-7-16(12-14(13)2)21-18(22)15-5-8-17(9-6-15)25(23,24)20-11-3-10-19/h4-9,12,20H,3,11H2,1-2H3,(H,21,22). The number of aryl methyl sites for hydroxylation is 2. The molecule has 25 heavy (non-hydrogen) atoms. The summed E-state index contributed by atoms with van der Waals surface area (Å²) < 4.78 is 26.4. The summed E-state index contributed by atoms with van der Waals surface area (Å²) in [5.41, 5.74) is 3.25. The van der Waals surface area contributed by atoms with Gasteiger partial charge in [0.25, 0.3) is 5.91 Å². The van der Waals surface area contributed by atoms with E-state index < -0.39 is 10.0 Å². The minimum atomic E-state index is -3.68. The minimum Gasteiger partial charge on any atom is -0.322 e. The van der Waals surface area contributed by atoms with E-state index in [1.807, 2.05) is 38.1 Å². The summed E-state index contributed by atoms with van der Waals surface area (Å²) in [6, 6.07) is 13.1. The Hall–Kier alpha value is -2.69. The van der Waals surface area contributed by atoms with Gasteiger partial charge in [0.1, 0.15) is 0 Å². The summed E-state index contributed by atoms with van der Waals surface area (Å²) in [5.74, 6) is -0.315. The van der Waals surface area contributed by atoms with E-state index in [9.17, 15) is 13.2 Å². The van der Waals surface area contributed by atoms with Gasteiger partial charge in [0, 0.05) is 24.2 Å². The first-order valence-electron chi connectivity index (χ1n) is 7.69. The SMILES string of the molecule is Cc1ccc(NC(=O)c2ccc(S(=O)(=O)NCCC#N)cc2)cc1C. The maximum absolute atomic E-state index is 12.3. The molecule has 7 heteroatoms. The number of carbonyl (C=O) groups excluding carboxylic acids is 1. The van der Waals surface area contributed by atoms with Gasteiger partial charge in [-0.3, -0.25) is 4.79 Å². The van der Waals surface area contributed by atoms with Gasteiger partial charge in [-0.15, -0.1) is 0 Å². The molecular formula is C18H19N3O3S.